The maximum absolute atomic E-state index is 13.0. The first kappa shape index (κ1) is 15.7. The second kappa shape index (κ2) is 7.33. The van der Waals surface area contributed by atoms with Gasteiger partial charge in [-0.15, -0.1) is 0 Å². The van der Waals surface area contributed by atoms with Gasteiger partial charge in [-0.05, 0) is 42.8 Å². The summed E-state index contributed by atoms with van der Waals surface area (Å²) in [5.41, 5.74) is 1.55. The van der Waals surface area contributed by atoms with Crippen molar-refractivity contribution in [2.75, 3.05) is 11.9 Å². The van der Waals surface area contributed by atoms with Crippen LogP contribution in [0.1, 0.15) is 18.5 Å². The Kier molecular flexibility index (Phi) is 5.47. The number of rotatable bonds is 5. The normalized spacial score (nSPS) is 12.0. The van der Waals surface area contributed by atoms with E-state index in [2.05, 4.69) is 26.6 Å². The minimum absolute atomic E-state index is 0.0522. The maximum Gasteiger partial charge on any atom is 0.238 e. The number of amides is 1. The summed E-state index contributed by atoms with van der Waals surface area (Å²) in [6.07, 6.45) is 0. The van der Waals surface area contributed by atoms with E-state index in [1.807, 2.05) is 31.2 Å². The summed E-state index contributed by atoms with van der Waals surface area (Å²) in [6, 6.07) is 13.8. The second-order valence-corrected chi connectivity index (χ2v) is 5.63. The number of hydrogen-bond acceptors (Lipinski definition) is 2. The van der Waals surface area contributed by atoms with Gasteiger partial charge >= 0.3 is 0 Å². The topological polar surface area (TPSA) is 41.1 Å². The van der Waals surface area contributed by atoms with Crippen LogP contribution in [0.3, 0.4) is 0 Å². The molecule has 1 atom stereocenters. The molecule has 0 aliphatic carbocycles. The minimum atomic E-state index is -0.371. The van der Waals surface area contributed by atoms with Crippen molar-refractivity contribution in [3.63, 3.8) is 0 Å². The van der Waals surface area contributed by atoms with Gasteiger partial charge in [0.15, 0.2) is 0 Å². The van der Waals surface area contributed by atoms with Crippen molar-refractivity contribution in [1.82, 2.24) is 5.32 Å². The number of nitrogens with one attached hydrogen (secondary N) is 2. The highest BCUT2D eigenvalue weighted by atomic mass is 79.9. The van der Waals surface area contributed by atoms with Crippen LogP contribution in [-0.4, -0.2) is 12.5 Å². The van der Waals surface area contributed by atoms with E-state index in [-0.39, 0.29) is 24.3 Å². The zero-order valence-corrected chi connectivity index (χ0v) is 13.2. The Morgan fingerprint density at radius 2 is 1.95 bits per heavy atom. The van der Waals surface area contributed by atoms with Gasteiger partial charge in [-0.3, -0.25) is 4.79 Å². The van der Waals surface area contributed by atoms with E-state index in [4.69, 9.17) is 0 Å². The lowest BCUT2D eigenvalue weighted by Gasteiger charge is -2.14. The third-order valence-corrected chi connectivity index (χ3v) is 3.58. The Morgan fingerprint density at radius 1 is 1.24 bits per heavy atom. The lowest BCUT2D eigenvalue weighted by Crippen LogP contribution is -2.30. The van der Waals surface area contributed by atoms with Gasteiger partial charge in [-0.1, -0.05) is 34.1 Å². The Balaban J connectivity index is 1.84. The number of anilines is 1. The fraction of sp³-hybridized carbons (Fsp3) is 0.188. The van der Waals surface area contributed by atoms with Crippen molar-refractivity contribution >= 4 is 27.5 Å². The first-order chi connectivity index (χ1) is 10.0. The smallest absolute Gasteiger partial charge is 0.238 e. The highest BCUT2D eigenvalue weighted by Gasteiger charge is 2.08. The maximum atomic E-state index is 13.0. The molecule has 3 nitrogen and oxygen atoms in total. The first-order valence-corrected chi connectivity index (χ1v) is 7.38. The SMILES string of the molecule is C[C@@H](NCC(=O)Nc1cccc(F)c1)c1ccc(Br)cc1. The molecule has 2 aromatic rings. The van der Waals surface area contributed by atoms with E-state index >= 15 is 0 Å². The standard InChI is InChI=1S/C16H16BrFN2O/c1-11(12-5-7-13(17)8-6-12)19-10-16(21)20-15-4-2-3-14(18)9-15/h2-9,11,19H,10H2,1H3,(H,20,21)/t11-/m1/s1. The molecule has 1 amide bonds. The van der Waals surface area contributed by atoms with Crippen LogP contribution < -0.4 is 10.6 Å². The summed E-state index contributed by atoms with van der Waals surface area (Å²) in [4.78, 5) is 11.8. The van der Waals surface area contributed by atoms with E-state index in [1.54, 1.807) is 12.1 Å². The molecular weight excluding hydrogens is 335 g/mol. The summed E-state index contributed by atoms with van der Waals surface area (Å²) in [7, 11) is 0. The van der Waals surface area contributed by atoms with Gasteiger partial charge in [0.25, 0.3) is 0 Å². The average Bonchev–Trinajstić information content (AvgIpc) is 2.45. The minimum Gasteiger partial charge on any atom is -0.325 e. The van der Waals surface area contributed by atoms with Gasteiger partial charge in [-0.2, -0.15) is 0 Å². The molecule has 0 bridgehead atoms. The van der Waals surface area contributed by atoms with Crippen LogP contribution in [0.4, 0.5) is 10.1 Å². The number of hydrogen-bond donors (Lipinski definition) is 2. The van der Waals surface area contributed by atoms with E-state index in [9.17, 15) is 9.18 Å². The third kappa shape index (κ3) is 4.95. The highest BCUT2D eigenvalue weighted by molar-refractivity contribution is 9.10. The van der Waals surface area contributed by atoms with Crippen molar-refractivity contribution < 1.29 is 9.18 Å². The van der Waals surface area contributed by atoms with Crippen LogP contribution in [-0.2, 0) is 4.79 Å². The Hall–Kier alpha value is -1.72. The fourth-order valence-electron chi connectivity index (χ4n) is 1.89. The highest BCUT2D eigenvalue weighted by Crippen LogP contribution is 2.16. The Labute approximate surface area is 131 Å². The van der Waals surface area contributed by atoms with Gasteiger partial charge in [0.2, 0.25) is 5.91 Å². The van der Waals surface area contributed by atoms with Crippen LogP contribution in [0.25, 0.3) is 0 Å². The number of halogens is 2. The summed E-state index contributed by atoms with van der Waals surface area (Å²) >= 11 is 3.38. The summed E-state index contributed by atoms with van der Waals surface area (Å²) < 4.78 is 14.0. The second-order valence-electron chi connectivity index (χ2n) is 4.71. The first-order valence-electron chi connectivity index (χ1n) is 6.59. The van der Waals surface area contributed by atoms with Gasteiger partial charge in [0.05, 0.1) is 6.54 Å². The number of carbonyl (C=O) groups excluding carboxylic acids is 1. The van der Waals surface area contributed by atoms with Gasteiger partial charge < -0.3 is 10.6 Å². The molecule has 0 spiro atoms. The monoisotopic (exact) mass is 350 g/mol. The predicted octanol–water partition coefficient (Wildman–Crippen LogP) is 3.88. The lowest BCUT2D eigenvalue weighted by molar-refractivity contribution is -0.115. The van der Waals surface area contributed by atoms with Gasteiger partial charge in [0, 0.05) is 16.2 Å². The predicted molar refractivity (Wildman–Crippen MR) is 85.6 cm³/mol. The summed E-state index contributed by atoms with van der Waals surface area (Å²) in [6.45, 7) is 2.15. The molecule has 2 aromatic carbocycles. The van der Waals surface area contributed by atoms with Gasteiger partial charge in [0.1, 0.15) is 5.82 Å². The van der Waals surface area contributed by atoms with Crippen molar-refractivity contribution in [3.8, 4) is 0 Å². The molecule has 0 aromatic heterocycles. The van der Waals surface area contributed by atoms with Crippen molar-refractivity contribution in [2.24, 2.45) is 0 Å². The summed E-state index contributed by atoms with van der Waals surface area (Å²) in [5.74, 6) is -0.575. The van der Waals surface area contributed by atoms with Crippen LogP contribution >= 0.6 is 15.9 Å². The third-order valence-electron chi connectivity index (χ3n) is 3.05. The number of carbonyl (C=O) groups is 1. The van der Waals surface area contributed by atoms with Crippen LogP contribution in [0, 0.1) is 5.82 Å². The molecule has 0 aliphatic heterocycles. The van der Waals surface area contributed by atoms with E-state index in [0.29, 0.717) is 5.69 Å². The molecule has 0 saturated heterocycles. The molecule has 2 rings (SSSR count). The zero-order valence-electron chi connectivity index (χ0n) is 11.6. The van der Waals surface area contributed by atoms with E-state index < -0.39 is 0 Å². The fourth-order valence-corrected chi connectivity index (χ4v) is 2.15. The molecule has 0 heterocycles. The molecule has 0 fully saturated rings. The van der Waals surface area contributed by atoms with Crippen LogP contribution in [0.5, 0.6) is 0 Å². The molecule has 5 heteroatoms. The Bertz CT molecular complexity index is 616. The lowest BCUT2D eigenvalue weighted by atomic mass is 10.1. The van der Waals surface area contributed by atoms with Crippen molar-refractivity contribution in [2.45, 2.75) is 13.0 Å². The van der Waals surface area contributed by atoms with Crippen LogP contribution in [0.2, 0.25) is 0 Å². The van der Waals surface area contributed by atoms with Gasteiger partial charge in [-0.25, -0.2) is 4.39 Å². The molecule has 0 radical (unpaired) electrons. The van der Waals surface area contributed by atoms with E-state index in [0.717, 1.165) is 10.0 Å². The molecule has 0 unspecified atom stereocenters. The quantitative estimate of drug-likeness (QED) is 0.859. The summed E-state index contributed by atoms with van der Waals surface area (Å²) in [5, 5.41) is 5.78. The molecular formula is C16H16BrFN2O. The largest absolute Gasteiger partial charge is 0.325 e. The zero-order chi connectivity index (χ0) is 15.2. The van der Waals surface area contributed by atoms with E-state index in [1.165, 1.54) is 12.1 Å². The molecule has 2 N–H and O–H groups in total. The van der Waals surface area contributed by atoms with Crippen LogP contribution in [0.15, 0.2) is 53.0 Å². The number of benzene rings is 2. The molecule has 21 heavy (non-hydrogen) atoms. The van der Waals surface area contributed by atoms with Crippen molar-refractivity contribution in [1.29, 1.82) is 0 Å². The molecule has 0 saturated carbocycles. The Morgan fingerprint density at radius 3 is 2.62 bits per heavy atom. The molecule has 0 aliphatic rings. The molecule has 110 valence electrons. The van der Waals surface area contributed by atoms with Crippen molar-refractivity contribution in [3.05, 3.63) is 64.4 Å². The average molecular weight is 351 g/mol.